The minimum absolute atomic E-state index is 0.0574. The van der Waals surface area contributed by atoms with E-state index in [9.17, 15) is 9.90 Å². The fourth-order valence-electron chi connectivity index (χ4n) is 3.81. The van der Waals surface area contributed by atoms with Crippen molar-refractivity contribution in [3.05, 3.63) is 35.5 Å². The van der Waals surface area contributed by atoms with Crippen molar-refractivity contribution < 1.29 is 9.90 Å². The van der Waals surface area contributed by atoms with Gasteiger partial charge in [0.15, 0.2) is 0 Å². The number of hydrogen-bond acceptors (Lipinski definition) is 4. The smallest absolute Gasteiger partial charge is 0.253 e. The maximum atomic E-state index is 12.8. The Morgan fingerprint density at radius 2 is 2.07 bits per heavy atom. The number of amides is 1. The number of rotatable bonds is 7. The molecule has 1 aliphatic heterocycles. The van der Waals surface area contributed by atoms with Gasteiger partial charge in [0.05, 0.1) is 0 Å². The number of piperidine rings is 1. The topological polar surface area (TPSA) is 83.4 Å². The Labute approximate surface area is 167 Å². The summed E-state index contributed by atoms with van der Waals surface area (Å²) in [5, 5.41) is 18.7. The molecule has 1 atom stereocenters. The summed E-state index contributed by atoms with van der Waals surface area (Å²) in [6.45, 7) is 3.76. The highest BCUT2D eigenvalue weighted by molar-refractivity contribution is 5.99. The largest absolute Gasteiger partial charge is 0.396 e. The van der Waals surface area contributed by atoms with Gasteiger partial charge in [-0.2, -0.15) is 0 Å². The van der Waals surface area contributed by atoms with E-state index >= 15 is 0 Å². The summed E-state index contributed by atoms with van der Waals surface area (Å²) in [5.41, 5.74) is 3.46. The van der Waals surface area contributed by atoms with Crippen LogP contribution < -0.4 is 0 Å². The Kier molecular flexibility index (Phi) is 6.52. The van der Waals surface area contributed by atoms with E-state index < -0.39 is 0 Å². The summed E-state index contributed by atoms with van der Waals surface area (Å²) in [5.74, 6) is 0.380. The number of carbonyl (C=O) groups excluding carboxylic acids is 1. The molecule has 0 spiro atoms. The second-order valence-corrected chi connectivity index (χ2v) is 8.29. The summed E-state index contributed by atoms with van der Waals surface area (Å²) < 4.78 is 0. The van der Waals surface area contributed by atoms with Gasteiger partial charge in [-0.1, -0.05) is 6.07 Å². The molecule has 6 nitrogen and oxygen atoms in total. The van der Waals surface area contributed by atoms with Crippen LogP contribution in [0.1, 0.15) is 42.1 Å². The van der Waals surface area contributed by atoms with Gasteiger partial charge in [-0.25, -0.2) is 0 Å². The summed E-state index contributed by atoms with van der Waals surface area (Å²) >= 11 is 0. The van der Waals surface area contributed by atoms with Gasteiger partial charge in [-0.3, -0.25) is 4.79 Å². The van der Waals surface area contributed by atoms with Gasteiger partial charge < -0.3 is 25.3 Å². The Balaban J connectivity index is 1.68. The SMILES string of the molecule is CC(CC(=N)Cc1c[nH]c2cc(C(=O)N3CCC(CO)CC3)ccc12)N(C)C. The lowest BCUT2D eigenvalue weighted by molar-refractivity contribution is 0.0651. The molecule has 0 saturated carbocycles. The molecule has 152 valence electrons. The molecule has 1 aromatic heterocycles. The number of aliphatic hydroxyl groups is 1. The number of nitrogens with one attached hydrogen (secondary N) is 2. The third kappa shape index (κ3) is 4.62. The van der Waals surface area contributed by atoms with Gasteiger partial charge in [0, 0.05) is 67.0 Å². The van der Waals surface area contributed by atoms with Gasteiger partial charge in [-0.15, -0.1) is 0 Å². The number of aromatic amines is 1. The number of fused-ring (bicyclic) bond motifs is 1. The van der Waals surface area contributed by atoms with Crippen molar-refractivity contribution in [2.75, 3.05) is 33.8 Å². The van der Waals surface area contributed by atoms with Crippen LogP contribution in [0.4, 0.5) is 0 Å². The number of nitrogens with zero attached hydrogens (tertiary/aromatic N) is 2. The molecule has 1 fully saturated rings. The molecule has 1 unspecified atom stereocenters. The van der Waals surface area contributed by atoms with Crippen molar-refractivity contribution in [1.29, 1.82) is 5.41 Å². The second-order valence-electron chi connectivity index (χ2n) is 8.29. The molecule has 6 heteroatoms. The molecule has 1 aromatic carbocycles. The molecule has 28 heavy (non-hydrogen) atoms. The average Bonchev–Trinajstić information content (AvgIpc) is 3.09. The van der Waals surface area contributed by atoms with E-state index in [0.29, 0.717) is 42.7 Å². The maximum absolute atomic E-state index is 12.8. The number of likely N-dealkylation sites (tertiary alicyclic amines) is 1. The highest BCUT2D eigenvalue weighted by Gasteiger charge is 2.23. The summed E-state index contributed by atoms with van der Waals surface area (Å²) in [6, 6.07) is 6.16. The van der Waals surface area contributed by atoms with Gasteiger partial charge in [0.1, 0.15) is 0 Å². The number of aliphatic hydroxyl groups excluding tert-OH is 1. The number of H-pyrrole nitrogens is 1. The Hall–Kier alpha value is -2.18. The highest BCUT2D eigenvalue weighted by Crippen LogP contribution is 2.23. The fraction of sp³-hybridized carbons (Fsp3) is 0.545. The first-order valence-electron chi connectivity index (χ1n) is 10.1. The van der Waals surface area contributed by atoms with Crippen LogP contribution in [-0.2, 0) is 6.42 Å². The van der Waals surface area contributed by atoms with Crippen LogP contribution in [0.15, 0.2) is 24.4 Å². The van der Waals surface area contributed by atoms with E-state index in [1.807, 2.05) is 43.4 Å². The van der Waals surface area contributed by atoms with Crippen molar-refractivity contribution in [3.8, 4) is 0 Å². The highest BCUT2D eigenvalue weighted by atomic mass is 16.3. The normalized spacial score (nSPS) is 16.7. The van der Waals surface area contributed by atoms with Crippen molar-refractivity contribution in [2.24, 2.45) is 5.92 Å². The maximum Gasteiger partial charge on any atom is 0.253 e. The fourth-order valence-corrected chi connectivity index (χ4v) is 3.81. The Morgan fingerprint density at radius 1 is 1.36 bits per heavy atom. The predicted octanol–water partition coefficient (Wildman–Crippen LogP) is 2.91. The molecule has 2 heterocycles. The molecule has 0 bridgehead atoms. The van der Waals surface area contributed by atoms with Crippen LogP contribution in [0.5, 0.6) is 0 Å². The second kappa shape index (κ2) is 8.88. The van der Waals surface area contributed by atoms with E-state index in [1.54, 1.807) is 0 Å². The monoisotopic (exact) mass is 384 g/mol. The third-order valence-corrected chi connectivity index (χ3v) is 6.00. The first kappa shape index (κ1) is 20.6. The van der Waals surface area contributed by atoms with Crippen molar-refractivity contribution in [2.45, 2.75) is 38.6 Å². The molecule has 0 radical (unpaired) electrons. The zero-order chi connectivity index (χ0) is 20.3. The van der Waals surface area contributed by atoms with Gasteiger partial charge >= 0.3 is 0 Å². The molecule has 3 N–H and O–H groups in total. The van der Waals surface area contributed by atoms with Gasteiger partial charge in [-0.05, 0) is 57.5 Å². The van der Waals surface area contributed by atoms with E-state index in [0.717, 1.165) is 35.7 Å². The standard InChI is InChI=1S/C22H32N4O2/c1-15(25(2)3)10-19(23)11-18-13-24-21-12-17(4-5-20(18)21)22(28)26-8-6-16(14-27)7-9-26/h4-5,12-13,15-16,23-24,27H,6-11,14H2,1-3H3. The van der Waals surface area contributed by atoms with Crippen LogP contribution in [0.3, 0.4) is 0 Å². The zero-order valence-electron chi connectivity index (χ0n) is 17.2. The molecular weight excluding hydrogens is 352 g/mol. The van der Waals surface area contributed by atoms with E-state index in [4.69, 9.17) is 5.41 Å². The van der Waals surface area contributed by atoms with E-state index in [1.165, 1.54) is 0 Å². The lowest BCUT2D eigenvalue weighted by Gasteiger charge is -2.31. The lowest BCUT2D eigenvalue weighted by Crippen LogP contribution is -2.39. The molecule has 1 amide bonds. The molecule has 3 rings (SSSR count). The Morgan fingerprint density at radius 3 is 2.71 bits per heavy atom. The van der Waals surface area contributed by atoms with Gasteiger partial charge in [0.2, 0.25) is 0 Å². The molecule has 2 aromatic rings. The Bertz CT molecular complexity index is 834. The van der Waals surface area contributed by atoms with Crippen LogP contribution in [-0.4, -0.2) is 71.3 Å². The number of hydrogen-bond donors (Lipinski definition) is 3. The minimum atomic E-state index is 0.0574. The predicted molar refractivity (Wildman–Crippen MR) is 113 cm³/mol. The number of benzene rings is 1. The van der Waals surface area contributed by atoms with E-state index in [2.05, 4.69) is 16.8 Å². The van der Waals surface area contributed by atoms with Crippen LogP contribution in [0.25, 0.3) is 10.9 Å². The van der Waals surface area contributed by atoms with Crippen molar-refractivity contribution >= 4 is 22.5 Å². The summed E-state index contributed by atoms with van der Waals surface area (Å²) in [6.07, 6.45) is 5.07. The number of carbonyl (C=O) groups is 1. The number of aromatic nitrogens is 1. The zero-order valence-corrected chi connectivity index (χ0v) is 17.2. The molecule has 1 aliphatic rings. The summed E-state index contributed by atoms with van der Waals surface area (Å²) in [7, 11) is 4.07. The lowest BCUT2D eigenvalue weighted by atomic mass is 9.97. The van der Waals surface area contributed by atoms with E-state index in [-0.39, 0.29) is 12.5 Å². The molecule has 0 aliphatic carbocycles. The molecule has 1 saturated heterocycles. The average molecular weight is 385 g/mol. The van der Waals surface area contributed by atoms with Crippen molar-refractivity contribution in [1.82, 2.24) is 14.8 Å². The van der Waals surface area contributed by atoms with Gasteiger partial charge in [0.25, 0.3) is 5.91 Å². The van der Waals surface area contributed by atoms with Crippen LogP contribution >= 0.6 is 0 Å². The van der Waals surface area contributed by atoms with Crippen LogP contribution in [0.2, 0.25) is 0 Å². The summed E-state index contributed by atoms with van der Waals surface area (Å²) in [4.78, 5) is 20.1. The van der Waals surface area contributed by atoms with Crippen molar-refractivity contribution in [3.63, 3.8) is 0 Å². The molecular formula is C22H32N4O2. The first-order chi connectivity index (χ1) is 13.4. The van der Waals surface area contributed by atoms with Crippen LogP contribution in [0, 0.1) is 11.3 Å². The first-order valence-corrected chi connectivity index (χ1v) is 10.1. The quantitative estimate of drug-likeness (QED) is 0.642. The minimum Gasteiger partial charge on any atom is -0.396 e. The third-order valence-electron chi connectivity index (χ3n) is 6.00.